The standard InChI is InChI=1S/C13H15N3O2/c1-2-14-8-10-15-12(17)11(13(18)16-10)9-6-4-3-5-7-9/h3-7,14H,2,8H2,1H3,(H2,15,16,17,18). The maximum Gasteiger partial charge on any atom is 0.262 e. The van der Waals surface area contributed by atoms with Gasteiger partial charge >= 0.3 is 0 Å². The van der Waals surface area contributed by atoms with Gasteiger partial charge in [-0.25, -0.2) is 0 Å². The van der Waals surface area contributed by atoms with Crippen molar-refractivity contribution in [3.05, 3.63) is 46.5 Å². The second kappa shape index (κ2) is 5.46. The zero-order chi connectivity index (χ0) is 13.0. The summed E-state index contributed by atoms with van der Waals surface area (Å²) in [6.07, 6.45) is 0. The van der Waals surface area contributed by atoms with Gasteiger partial charge in [-0.3, -0.25) is 4.79 Å². The summed E-state index contributed by atoms with van der Waals surface area (Å²) >= 11 is 0. The summed E-state index contributed by atoms with van der Waals surface area (Å²) in [5.74, 6) is 0.192. The van der Waals surface area contributed by atoms with Crippen molar-refractivity contribution in [3.63, 3.8) is 0 Å². The Bertz CT molecular complexity index is 579. The first-order valence-electron chi connectivity index (χ1n) is 5.80. The van der Waals surface area contributed by atoms with Crippen molar-refractivity contribution in [1.29, 1.82) is 0 Å². The fourth-order valence-corrected chi connectivity index (χ4v) is 1.70. The SMILES string of the molecule is CCNCc1nc(O)c(-c2ccccc2)c(=O)[nH]1. The summed E-state index contributed by atoms with van der Waals surface area (Å²) in [5.41, 5.74) is 0.524. The molecule has 0 aliphatic rings. The Morgan fingerprint density at radius 1 is 1.33 bits per heavy atom. The molecule has 0 saturated heterocycles. The Kier molecular flexibility index (Phi) is 3.74. The van der Waals surface area contributed by atoms with Crippen molar-refractivity contribution in [3.8, 4) is 17.0 Å². The number of aromatic amines is 1. The number of benzene rings is 1. The highest BCUT2D eigenvalue weighted by atomic mass is 16.3. The fraction of sp³-hybridized carbons (Fsp3) is 0.231. The van der Waals surface area contributed by atoms with Gasteiger partial charge in [0.1, 0.15) is 11.4 Å². The van der Waals surface area contributed by atoms with E-state index in [1.165, 1.54) is 0 Å². The van der Waals surface area contributed by atoms with Gasteiger partial charge in [0.15, 0.2) is 0 Å². The van der Waals surface area contributed by atoms with Crippen LogP contribution in [0.2, 0.25) is 0 Å². The summed E-state index contributed by atoms with van der Waals surface area (Å²) in [6, 6.07) is 8.98. The third-order valence-electron chi connectivity index (χ3n) is 2.55. The molecular formula is C13H15N3O2. The van der Waals surface area contributed by atoms with Crippen LogP contribution in [-0.4, -0.2) is 21.6 Å². The average Bonchev–Trinajstić information content (AvgIpc) is 2.37. The molecule has 2 rings (SSSR count). The summed E-state index contributed by atoms with van der Waals surface area (Å²) in [5, 5.41) is 12.9. The van der Waals surface area contributed by atoms with E-state index in [9.17, 15) is 9.90 Å². The molecule has 94 valence electrons. The molecule has 2 aromatic rings. The summed E-state index contributed by atoms with van der Waals surface area (Å²) in [4.78, 5) is 18.6. The maximum atomic E-state index is 11.9. The monoisotopic (exact) mass is 245 g/mol. The summed E-state index contributed by atoms with van der Waals surface area (Å²) < 4.78 is 0. The average molecular weight is 245 g/mol. The molecule has 0 bridgehead atoms. The van der Waals surface area contributed by atoms with Crippen molar-refractivity contribution in [1.82, 2.24) is 15.3 Å². The third kappa shape index (κ3) is 2.57. The Morgan fingerprint density at radius 3 is 2.67 bits per heavy atom. The van der Waals surface area contributed by atoms with Crippen molar-refractivity contribution in [2.24, 2.45) is 0 Å². The van der Waals surface area contributed by atoms with Gasteiger partial charge in [0, 0.05) is 0 Å². The van der Waals surface area contributed by atoms with Gasteiger partial charge < -0.3 is 15.4 Å². The molecule has 0 spiro atoms. The van der Waals surface area contributed by atoms with Crippen LogP contribution < -0.4 is 10.9 Å². The molecule has 0 atom stereocenters. The fourth-order valence-electron chi connectivity index (χ4n) is 1.70. The van der Waals surface area contributed by atoms with Crippen LogP contribution in [0.1, 0.15) is 12.7 Å². The van der Waals surface area contributed by atoms with Crippen molar-refractivity contribution < 1.29 is 5.11 Å². The Hall–Kier alpha value is -2.14. The van der Waals surface area contributed by atoms with Crippen LogP contribution in [-0.2, 0) is 6.54 Å². The second-order valence-corrected chi connectivity index (χ2v) is 3.86. The van der Waals surface area contributed by atoms with Crippen molar-refractivity contribution in [2.45, 2.75) is 13.5 Å². The van der Waals surface area contributed by atoms with Crippen LogP contribution in [0.15, 0.2) is 35.1 Å². The smallest absolute Gasteiger partial charge is 0.262 e. The minimum atomic E-state index is -0.332. The zero-order valence-corrected chi connectivity index (χ0v) is 10.1. The molecule has 1 heterocycles. The molecule has 3 N–H and O–H groups in total. The first-order chi connectivity index (χ1) is 8.72. The summed E-state index contributed by atoms with van der Waals surface area (Å²) in [7, 11) is 0. The largest absolute Gasteiger partial charge is 0.493 e. The lowest BCUT2D eigenvalue weighted by molar-refractivity contribution is 0.448. The minimum Gasteiger partial charge on any atom is -0.493 e. The van der Waals surface area contributed by atoms with Gasteiger partial charge in [-0.1, -0.05) is 37.3 Å². The van der Waals surface area contributed by atoms with Crippen LogP contribution in [0.25, 0.3) is 11.1 Å². The molecule has 0 aliphatic carbocycles. The zero-order valence-electron chi connectivity index (χ0n) is 10.1. The van der Waals surface area contributed by atoms with Crippen LogP contribution in [0.4, 0.5) is 0 Å². The molecule has 0 radical (unpaired) electrons. The van der Waals surface area contributed by atoms with E-state index < -0.39 is 0 Å². The normalized spacial score (nSPS) is 10.5. The van der Waals surface area contributed by atoms with E-state index >= 15 is 0 Å². The number of rotatable bonds is 4. The molecule has 1 aromatic carbocycles. The van der Waals surface area contributed by atoms with Gasteiger partial charge in [-0.15, -0.1) is 0 Å². The highest BCUT2D eigenvalue weighted by Crippen LogP contribution is 2.22. The number of aromatic hydroxyl groups is 1. The molecule has 0 unspecified atom stereocenters. The van der Waals surface area contributed by atoms with Crippen LogP contribution >= 0.6 is 0 Å². The number of H-pyrrole nitrogens is 1. The molecule has 5 nitrogen and oxygen atoms in total. The lowest BCUT2D eigenvalue weighted by Gasteiger charge is -2.06. The number of nitrogens with zero attached hydrogens (tertiary/aromatic N) is 1. The highest BCUT2D eigenvalue weighted by molar-refractivity contribution is 5.66. The van der Waals surface area contributed by atoms with E-state index in [-0.39, 0.29) is 17.0 Å². The quantitative estimate of drug-likeness (QED) is 0.757. The Morgan fingerprint density at radius 2 is 2.06 bits per heavy atom. The van der Waals surface area contributed by atoms with E-state index in [2.05, 4.69) is 15.3 Å². The molecule has 1 aromatic heterocycles. The van der Waals surface area contributed by atoms with Gasteiger partial charge in [0.25, 0.3) is 5.56 Å². The molecule has 0 aliphatic heterocycles. The number of hydrogen-bond donors (Lipinski definition) is 3. The van der Waals surface area contributed by atoms with E-state index in [4.69, 9.17) is 0 Å². The second-order valence-electron chi connectivity index (χ2n) is 3.86. The molecule has 0 saturated carbocycles. The van der Waals surface area contributed by atoms with Gasteiger partial charge in [0.2, 0.25) is 5.88 Å². The predicted octanol–water partition coefficient (Wildman–Crippen LogP) is 1.25. The molecule has 5 heteroatoms. The highest BCUT2D eigenvalue weighted by Gasteiger charge is 2.12. The molecule has 0 amide bonds. The van der Waals surface area contributed by atoms with E-state index in [0.717, 1.165) is 6.54 Å². The Balaban J connectivity index is 2.42. The number of nitrogens with one attached hydrogen (secondary N) is 2. The van der Waals surface area contributed by atoms with E-state index in [1.807, 2.05) is 13.0 Å². The van der Waals surface area contributed by atoms with Crippen LogP contribution in [0.3, 0.4) is 0 Å². The topological polar surface area (TPSA) is 78.0 Å². The lowest BCUT2D eigenvalue weighted by atomic mass is 10.1. The van der Waals surface area contributed by atoms with Gasteiger partial charge in [-0.05, 0) is 12.1 Å². The first-order valence-corrected chi connectivity index (χ1v) is 5.80. The van der Waals surface area contributed by atoms with Gasteiger partial charge in [-0.2, -0.15) is 4.98 Å². The Labute approximate surface area is 105 Å². The lowest BCUT2D eigenvalue weighted by Crippen LogP contribution is -2.20. The van der Waals surface area contributed by atoms with Crippen LogP contribution in [0.5, 0.6) is 5.88 Å². The maximum absolute atomic E-state index is 11.9. The summed E-state index contributed by atoms with van der Waals surface area (Å²) in [6.45, 7) is 3.15. The number of aromatic nitrogens is 2. The molecular weight excluding hydrogens is 230 g/mol. The third-order valence-corrected chi connectivity index (χ3v) is 2.55. The van der Waals surface area contributed by atoms with Crippen LogP contribution in [0, 0.1) is 0 Å². The predicted molar refractivity (Wildman–Crippen MR) is 69.3 cm³/mol. The van der Waals surface area contributed by atoms with E-state index in [0.29, 0.717) is 17.9 Å². The molecule has 18 heavy (non-hydrogen) atoms. The molecule has 0 fully saturated rings. The van der Waals surface area contributed by atoms with Gasteiger partial charge in [0.05, 0.1) is 6.54 Å². The van der Waals surface area contributed by atoms with E-state index in [1.54, 1.807) is 24.3 Å². The minimum absolute atomic E-state index is 0.204. The number of hydrogen-bond acceptors (Lipinski definition) is 4. The van der Waals surface area contributed by atoms with Crippen molar-refractivity contribution >= 4 is 0 Å². The van der Waals surface area contributed by atoms with Crippen molar-refractivity contribution in [2.75, 3.05) is 6.54 Å². The first kappa shape index (κ1) is 12.3.